The molecule has 0 aromatic heterocycles. The maximum atomic E-state index is 9.33. The topological polar surface area (TPSA) is 32.3 Å². The van der Waals surface area contributed by atoms with Crippen LogP contribution in [0.5, 0.6) is 0 Å². The van der Waals surface area contributed by atoms with Crippen LogP contribution in [0.25, 0.3) is 0 Å². The minimum Gasteiger partial charge on any atom is -0.393 e. The summed E-state index contributed by atoms with van der Waals surface area (Å²) in [6.45, 7) is 7.70. The summed E-state index contributed by atoms with van der Waals surface area (Å²) in [4.78, 5) is 0. The summed E-state index contributed by atoms with van der Waals surface area (Å²) in [7, 11) is 0. The molecule has 0 aromatic carbocycles. The fraction of sp³-hybridized carbons (Fsp3) is 1.00. The molecule has 0 heterocycles. The van der Waals surface area contributed by atoms with Crippen molar-refractivity contribution < 1.29 is 5.11 Å². The first-order valence-corrected chi connectivity index (χ1v) is 5.40. The normalized spacial score (nSPS) is 30.5. The van der Waals surface area contributed by atoms with E-state index in [2.05, 4.69) is 26.1 Å². The van der Waals surface area contributed by atoms with Crippen molar-refractivity contribution >= 4 is 0 Å². The van der Waals surface area contributed by atoms with Crippen molar-refractivity contribution in [3.63, 3.8) is 0 Å². The highest BCUT2D eigenvalue weighted by molar-refractivity contribution is 4.77. The second-order valence-electron chi connectivity index (χ2n) is 5.31. The van der Waals surface area contributed by atoms with Crippen molar-refractivity contribution in [2.75, 3.05) is 6.54 Å². The van der Waals surface area contributed by atoms with Crippen molar-refractivity contribution in [2.45, 2.75) is 58.1 Å². The average Bonchev–Trinajstić information content (AvgIpc) is 2.02. The molecule has 1 saturated carbocycles. The molecule has 13 heavy (non-hydrogen) atoms. The van der Waals surface area contributed by atoms with Crippen LogP contribution in [-0.4, -0.2) is 23.3 Å². The average molecular weight is 185 g/mol. The zero-order valence-electron chi connectivity index (χ0n) is 9.14. The molecule has 78 valence electrons. The van der Waals surface area contributed by atoms with Gasteiger partial charge in [0.1, 0.15) is 0 Å². The van der Waals surface area contributed by atoms with Gasteiger partial charge >= 0.3 is 0 Å². The fourth-order valence-electron chi connectivity index (χ4n) is 1.80. The summed E-state index contributed by atoms with van der Waals surface area (Å²) in [6, 6.07) is 0. The number of rotatable bonds is 2. The van der Waals surface area contributed by atoms with Gasteiger partial charge < -0.3 is 10.4 Å². The Balaban J connectivity index is 2.16. The molecule has 0 atom stereocenters. The molecule has 0 unspecified atom stereocenters. The molecule has 2 nitrogen and oxygen atoms in total. The highest BCUT2D eigenvalue weighted by Crippen LogP contribution is 2.23. The molecule has 1 aliphatic rings. The second kappa shape index (κ2) is 4.43. The molecule has 0 amide bonds. The van der Waals surface area contributed by atoms with Crippen molar-refractivity contribution in [1.82, 2.24) is 5.32 Å². The van der Waals surface area contributed by atoms with E-state index < -0.39 is 0 Å². The van der Waals surface area contributed by atoms with Crippen molar-refractivity contribution in [3.8, 4) is 0 Å². The Hall–Kier alpha value is -0.0800. The summed E-state index contributed by atoms with van der Waals surface area (Å²) in [6.07, 6.45) is 4.34. The Morgan fingerprint density at radius 1 is 1.15 bits per heavy atom. The zero-order chi connectivity index (χ0) is 9.90. The summed E-state index contributed by atoms with van der Waals surface area (Å²) in [5.74, 6) is 0.780. The number of nitrogens with one attached hydrogen (secondary N) is 1. The van der Waals surface area contributed by atoms with E-state index in [1.807, 2.05) is 0 Å². The third kappa shape index (κ3) is 4.63. The van der Waals surface area contributed by atoms with Gasteiger partial charge in [0.05, 0.1) is 6.10 Å². The molecule has 0 aliphatic heterocycles. The Bertz CT molecular complexity index is 143. The van der Waals surface area contributed by atoms with Crippen LogP contribution in [0.2, 0.25) is 0 Å². The fourth-order valence-corrected chi connectivity index (χ4v) is 1.80. The van der Waals surface area contributed by atoms with E-state index in [4.69, 9.17) is 0 Å². The van der Waals surface area contributed by atoms with Crippen molar-refractivity contribution in [2.24, 2.45) is 5.92 Å². The van der Waals surface area contributed by atoms with Crippen LogP contribution >= 0.6 is 0 Å². The first-order valence-electron chi connectivity index (χ1n) is 5.40. The summed E-state index contributed by atoms with van der Waals surface area (Å²) < 4.78 is 0. The minimum atomic E-state index is -0.0223. The molecule has 0 aromatic rings. The van der Waals surface area contributed by atoms with E-state index in [0.29, 0.717) is 0 Å². The molecule has 0 saturated heterocycles. The van der Waals surface area contributed by atoms with E-state index in [1.165, 1.54) is 12.8 Å². The molecule has 1 fully saturated rings. The first-order chi connectivity index (χ1) is 5.97. The van der Waals surface area contributed by atoms with E-state index in [1.54, 1.807) is 0 Å². The monoisotopic (exact) mass is 185 g/mol. The van der Waals surface area contributed by atoms with Gasteiger partial charge in [0.25, 0.3) is 0 Å². The van der Waals surface area contributed by atoms with Gasteiger partial charge in [-0.15, -0.1) is 0 Å². The van der Waals surface area contributed by atoms with Gasteiger partial charge in [-0.2, -0.15) is 0 Å². The number of aliphatic hydroxyl groups is 1. The van der Waals surface area contributed by atoms with Crippen LogP contribution in [0.3, 0.4) is 0 Å². The Morgan fingerprint density at radius 2 is 1.69 bits per heavy atom. The van der Waals surface area contributed by atoms with Gasteiger partial charge in [-0.3, -0.25) is 0 Å². The third-order valence-electron chi connectivity index (χ3n) is 2.74. The lowest BCUT2D eigenvalue weighted by Crippen LogP contribution is -2.40. The van der Waals surface area contributed by atoms with Crippen molar-refractivity contribution in [3.05, 3.63) is 0 Å². The van der Waals surface area contributed by atoms with Gasteiger partial charge in [-0.05, 0) is 58.9 Å². The van der Waals surface area contributed by atoms with E-state index in [-0.39, 0.29) is 11.6 Å². The second-order valence-corrected chi connectivity index (χ2v) is 5.31. The van der Waals surface area contributed by atoms with Gasteiger partial charge in [0, 0.05) is 5.54 Å². The molecular formula is C11H23NO. The highest BCUT2D eigenvalue weighted by atomic mass is 16.3. The van der Waals surface area contributed by atoms with Gasteiger partial charge in [0.15, 0.2) is 0 Å². The standard InChI is InChI=1S/C11H23NO/c1-11(2,3)12-8-9-4-6-10(13)7-5-9/h9-10,12-13H,4-8H2,1-3H3/t9-,10+. The molecule has 0 radical (unpaired) electrons. The predicted octanol–water partition coefficient (Wildman–Crippen LogP) is 1.93. The lowest BCUT2D eigenvalue weighted by molar-refractivity contribution is 0.106. The lowest BCUT2D eigenvalue weighted by Gasteiger charge is -2.29. The van der Waals surface area contributed by atoms with E-state index in [0.717, 1.165) is 25.3 Å². The van der Waals surface area contributed by atoms with Gasteiger partial charge in [-0.25, -0.2) is 0 Å². The minimum absolute atomic E-state index is 0.0223. The maximum absolute atomic E-state index is 9.33. The van der Waals surface area contributed by atoms with E-state index in [9.17, 15) is 5.11 Å². The largest absolute Gasteiger partial charge is 0.393 e. The molecule has 1 aliphatic carbocycles. The van der Waals surface area contributed by atoms with Crippen LogP contribution in [0.4, 0.5) is 0 Å². The van der Waals surface area contributed by atoms with E-state index >= 15 is 0 Å². The molecule has 2 N–H and O–H groups in total. The van der Waals surface area contributed by atoms with Crippen LogP contribution in [0.15, 0.2) is 0 Å². The molecule has 0 spiro atoms. The van der Waals surface area contributed by atoms with Crippen LogP contribution < -0.4 is 5.32 Å². The van der Waals surface area contributed by atoms with Crippen molar-refractivity contribution in [1.29, 1.82) is 0 Å². The van der Waals surface area contributed by atoms with Crippen LogP contribution in [0, 0.1) is 5.92 Å². The maximum Gasteiger partial charge on any atom is 0.0540 e. The quantitative estimate of drug-likeness (QED) is 0.689. The third-order valence-corrected chi connectivity index (χ3v) is 2.74. The first kappa shape index (κ1) is 11.0. The predicted molar refractivity (Wildman–Crippen MR) is 55.7 cm³/mol. The smallest absolute Gasteiger partial charge is 0.0540 e. The molecule has 2 heteroatoms. The summed E-state index contributed by atoms with van der Waals surface area (Å²) in [5, 5.41) is 12.9. The summed E-state index contributed by atoms with van der Waals surface area (Å²) in [5.41, 5.74) is 0.232. The molecule has 0 bridgehead atoms. The lowest BCUT2D eigenvalue weighted by atomic mass is 9.87. The van der Waals surface area contributed by atoms with Crippen LogP contribution in [-0.2, 0) is 0 Å². The van der Waals surface area contributed by atoms with Gasteiger partial charge in [0.2, 0.25) is 0 Å². The molecular weight excluding hydrogens is 162 g/mol. The Morgan fingerprint density at radius 3 is 2.15 bits per heavy atom. The number of aliphatic hydroxyl groups excluding tert-OH is 1. The van der Waals surface area contributed by atoms with Gasteiger partial charge in [-0.1, -0.05) is 0 Å². The highest BCUT2D eigenvalue weighted by Gasteiger charge is 2.20. The zero-order valence-corrected chi connectivity index (χ0v) is 9.14. The Labute approximate surface area is 81.7 Å². The Kier molecular flexibility index (Phi) is 3.74. The molecule has 1 rings (SSSR count). The number of hydrogen-bond acceptors (Lipinski definition) is 2. The van der Waals surface area contributed by atoms with Crippen LogP contribution in [0.1, 0.15) is 46.5 Å². The number of hydrogen-bond donors (Lipinski definition) is 2. The summed E-state index contributed by atoms with van der Waals surface area (Å²) >= 11 is 0. The SMILES string of the molecule is CC(C)(C)NC[C@H]1CC[C@@H](O)CC1.